The van der Waals surface area contributed by atoms with Gasteiger partial charge in [0.15, 0.2) is 6.39 Å². The molecule has 0 aromatic carbocycles. The largest absolute Gasteiger partial charge is 0.478 e. The fraction of sp³-hybridized carbons (Fsp3) is 0.167. The summed E-state index contributed by atoms with van der Waals surface area (Å²) in [7, 11) is 0. The third-order valence-corrected chi connectivity index (χ3v) is 2.45. The molecule has 0 fully saturated rings. The lowest BCUT2D eigenvalue weighted by atomic mass is 10.2. The fourth-order valence-electron chi connectivity index (χ4n) is 1.48. The molecule has 2 aromatic rings. The molecule has 0 aliphatic heterocycles. The number of aromatic nitrogens is 2. The first-order chi connectivity index (χ1) is 9.08. The van der Waals surface area contributed by atoms with Crippen LogP contribution in [0.3, 0.4) is 0 Å². The van der Waals surface area contributed by atoms with E-state index in [2.05, 4.69) is 15.3 Å². The zero-order chi connectivity index (χ0) is 13.8. The number of aromatic carboxylic acids is 1. The van der Waals surface area contributed by atoms with Crippen LogP contribution < -0.4 is 5.32 Å². The molecule has 98 valence electrons. The first kappa shape index (κ1) is 12.7. The predicted molar refractivity (Wildman–Crippen MR) is 63.6 cm³/mol. The monoisotopic (exact) mass is 261 g/mol. The highest BCUT2D eigenvalue weighted by molar-refractivity contribution is 5.92. The van der Waals surface area contributed by atoms with Crippen molar-refractivity contribution in [2.75, 3.05) is 0 Å². The summed E-state index contributed by atoms with van der Waals surface area (Å²) in [4.78, 5) is 30.3. The third-order valence-electron chi connectivity index (χ3n) is 2.45. The summed E-state index contributed by atoms with van der Waals surface area (Å²) in [6.45, 7) is 1.77. The van der Waals surface area contributed by atoms with Crippen molar-refractivity contribution in [2.45, 2.75) is 13.5 Å². The minimum absolute atomic E-state index is 0.111. The molecule has 19 heavy (non-hydrogen) atoms. The van der Waals surface area contributed by atoms with Crippen LogP contribution in [0.25, 0.3) is 0 Å². The van der Waals surface area contributed by atoms with Gasteiger partial charge in [0.05, 0.1) is 23.5 Å². The fourth-order valence-corrected chi connectivity index (χ4v) is 1.48. The Bertz CT molecular complexity index is 621. The van der Waals surface area contributed by atoms with Crippen LogP contribution in [-0.4, -0.2) is 27.0 Å². The number of nitrogens with one attached hydrogen (secondary N) is 1. The van der Waals surface area contributed by atoms with Crippen molar-refractivity contribution < 1.29 is 19.1 Å². The Balaban J connectivity index is 2.03. The number of hydrogen-bond acceptors (Lipinski definition) is 5. The Labute approximate surface area is 108 Å². The van der Waals surface area contributed by atoms with Crippen LogP contribution in [0.15, 0.2) is 29.1 Å². The summed E-state index contributed by atoms with van der Waals surface area (Å²) in [5.74, 6) is -1.33. The van der Waals surface area contributed by atoms with Gasteiger partial charge in [-0.05, 0) is 19.1 Å². The highest BCUT2D eigenvalue weighted by Crippen LogP contribution is 2.06. The molecule has 0 aliphatic rings. The molecule has 0 saturated heterocycles. The zero-order valence-electron chi connectivity index (χ0n) is 10.1. The highest BCUT2D eigenvalue weighted by atomic mass is 16.4. The summed E-state index contributed by atoms with van der Waals surface area (Å²) >= 11 is 0. The van der Waals surface area contributed by atoms with Crippen LogP contribution in [0, 0.1) is 6.92 Å². The van der Waals surface area contributed by atoms with E-state index in [1.54, 1.807) is 6.92 Å². The smallest absolute Gasteiger partial charge is 0.335 e. The van der Waals surface area contributed by atoms with Gasteiger partial charge in [-0.1, -0.05) is 0 Å². The molecule has 2 heterocycles. The molecule has 2 aromatic heterocycles. The molecule has 2 rings (SSSR count). The van der Waals surface area contributed by atoms with E-state index < -0.39 is 11.9 Å². The number of oxazole rings is 1. The Morgan fingerprint density at radius 1 is 1.42 bits per heavy atom. The number of carboxylic acid groups (broad SMARTS) is 1. The van der Waals surface area contributed by atoms with Crippen molar-refractivity contribution in [1.29, 1.82) is 0 Å². The zero-order valence-corrected chi connectivity index (χ0v) is 10.1. The Morgan fingerprint density at radius 2 is 2.21 bits per heavy atom. The molecule has 0 unspecified atom stereocenters. The Morgan fingerprint density at radius 3 is 2.84 bits per heavy atom. The van der Waals surface area contributed by atoms with Gasteiger partial charge < -0.3 is 14.8 Å². The molecule has 1 amide bonds. The molecule has 0 spiro atoms. The van der Waals surface area contributed by atoms with Crippen LogP contribution in [0.1, 0.15) is 32.3 Å². The number of carbonyl (C=O) groups excluding carboxylic acids is 1. The first-order valence-electron chi connectivity index (χ1n) is 5.44. The molecular formula is C12H11N3O4. The minimum Gasteiger partial charge on any atom is -0.478 e. The maximum atomic E-state index is 11.7. The van der Waals surface area contributed by atoms with Gasteiger partial charge >= 0.3 is 5.97 Å². The van der Waals surface area contributed by atoms with Crippen LogP contribution in [0.2, 0.25) is 0 Å². The number of pyridine rings is 1. The number of hydrogen-bond donors (Lipinski definition) is 2. The molecular weight excluding hydrogens is 250 g/mol. The number of amides is 1. The number of aryl methyl sites for hydroxylation is 1. The second-order valence-corrected chi connectivity index (χ2v) is 3.79. The van der Waals surface area contributed by atoms with Gasteiger partial charge in [0.25, 0.3) is 5.91 Å². The minimum atomic E-state index is -1.04. The van der Waals surface area contributed by atoms with Crippen molar-refractivity contribution in [2.24, 2.45) is 0 Å². The van der Waals surface area contributed by atoms with Gasteiger partial charge in [-0.25, -0.2) is 9.78 Å². The lowest BCUT2D eigenvalue weighted by Crippen LogP contribution is -2.23. The van der Waals surface area contributed by atoms with Crippen LogP contribution in [0.4, 0.5) is 0 Å². The topological polar surface area (TPSA) is 105 Å². The van der Waals surface area contributed by atoms with Gasteiger partial charge in [0, 0.05) is 6.20 Å². The van der Waals surface area contributed by atoms with Crippen LogP contribution in [0.5, 0.6) is 0 Å². The second-order valence-electron chi connectivity index (χ2n) is 3.79. The van der Waals surface area contributed by atoms with Gasteiger partial charge in [0.1, 0.15) is 0 Å². The van der Waals surface area contributed by atoms with Gasteiger partial charge in [-0.2, -0.15) is 0 Å². The summed E-state index contributed by atoms with van der Waals surface area (Å²) < 4.78 is 4.94. The van der Waals surface area contributed by atoms with E-state index in [1.165, 1.54) is 24.7 Å². The third kappa shape index (κ3) is 2.95. The maximum Gasteiger partial charge on any atom is 0.335 e. The van der Waals surface area contributed by atoms with Crippen molar-refractivity contribution in [3.05, 3.63) is 47.4 Å². The average molecular weight is 261 g/mol. The van der Waals surface area contributed by atoms with E-state index in [0.717, 1.165) is 0 Å². The summed E-state index contributed by atoms with van der Waals surface area (Å²) in [6, 6.07) is 2.78. The number of nitrogens with zero attached hydrogens (tertiary/aromatic N) is 2. The number of carbonyl (C=O) groups is 2. The predicted octanol–water partition coefficient (Wildman–Crippen LogP) is 1.01. The molecule has 7 heteroatoms. The summed E-state index contributed by atoms with van der Waals surface area (Å²) in [6.07, 6.45) is 2.57. The molecule has 0 radical (unpaired) electrons. The quantitative estimate of drug-likeness (QED) is 0.850. The first-order valence-corrected chi connectivity index (χ1v) is 5.44. The number of rotatable bonds is 4. The van der Waals surface area contributed by atoms with E-state index in [4.69, 9.17) is 9.52 Å². The molecule has 0 atom stereocenters. The van der Waals surface area contributed by atoms with Crippen LogP contribution in [-0.2, 0) is 6.54 Å². The Hall–Kier alpha value is -2.70. The van der Waals surface area contributed by atoms with E-state index in [-0.39, 0.29) is 17.9 Å². The van der Waals surface area contributed by atoms with E-state index in [1.807, 2.05) is 0 Å². The normalized spacial score (nSPS) is 10.2. The Kier molecular flexibility index (Phi) is 3.56. The molecule has 0 bridgehead atoms. The highest BCUT2D eigenvalue weighted by Gasteiger charge is 2.13. The number of carboxylic acids is 1. The van der Waals surface area contributed by atoms with E-state index in [9.17, 15) is 9.59 Å². The second kappa shape index (κ2) is 5.30. The van der Waals surface area contributed by atoms with E-state index in [0.29, 0.717) is 11.4 Å². The molecule has 7 nitrogen and oxygen atoms in total. The lowest BCUT2D eigenvalue weighted by molar-refractivity contribution is 0.0696. The maximum absolute atomic E-state index is 11.7. The van der Waals surface area contributed by atoms with E-state index >= 15 is 0 Å². The standard InChI is InChI=1S/C12H11N3O4/c1-7-10(19-6-15-7)11(16)14-5-9-4-8(12(17)18)2-3-13-9/h2-4,6H,5H2,1H3,(H,14,16)(H,17,18). The van der Waals surface area contributed by atoms with Crippen molar-refractivity contribution >= 4 is 11.9 Å². The van der Waals surface area contributed by atoms with Crippen molar-refractivity contribution in [1.82, 2.24) is 15.3 Å². The molecule has 2 N–H and O–H groups in total. The molecule has 0 saturated carbocycles. The lowest BCUT2D eigenvalue weighted by Gasteiger charge is -2.03. The average Bonchev–Trinajstić information content (AvgIpc) is 2.82. The van der Waals surface area contributed by atoms with Gasteiger partial charge in [-0.15, -0.1) is 0 Å². The summed E-state index contributed by atoms with van der Waals surface area (Å²) in [5, 5.41) is 11.4. The SMILES string of the molecule is Cc1ncoc1C(=O)NCc1cc(C(=O)O)ccn1. The van der Waals surface area contributed by atoms with Gasteiger partial charge in [-0.3, -0.25) is 9.78 Å². The molecule has 0 aliphatic carbocycles. The van der Waals surface area contributed by atoms with Crippen molar-refractivity contribution in [3.8, 4) is 0 Å². The van der Waals surface area contributed by atoms with Crippen molar-refractivity contribution in [3.63, 3.8) is 0 Å². The van der Waals surface area contributed by atoms with Gasteiger partial charge in [0.2, 0.25) is 5.76 Å². The summed E-state index contributed by atoms with van der Waals surface area (Å²) in [5.41, 5.74) is 1.06. The van der Waals surface area contributed by atoms with Crippen LogP contribution >= 0.6 is 0 Å².